The Morgan fingerprint density at radius 1 is 1.30 bits per heavy atom. The van der Waals surface area contributed by atoms with Gasteiger partial charge in [0.05, 0.1) is 11.8 Å². The lowest BCUT2D eigenvalue weighted by atomic mass is 10.1. The van der Waals surface area contributed by atoms with Crippen molar-refractivity contribution in [2.75, 3.05) is 25.1 Å². The van der Waals surface area contributed by atoms with Gasteiger partial charge in [0.2, 0.25) is 0 Å². The van der Waals surface area contributed by atoms with Gasteiger partial charge < -0.3 is 15.4 Å². The number of nitrogens with zero attached hydrogens (tertiary/aromatic N) is 2. The molecule has 20 heavy (non-hydrogen) atoms. The smallest absolute Gasteiger partial charge is 0.136 e. The molecule has 0 unspecified atom stereocenters. The Labute approximate surface area is 119 Å². The van der Waals surface area contributed by atoms with E-state index in [0.29, 0.717) is 12.6 Å². The fourth-order valence-corrected chi connectivity index (χ4v) is 2.88. The maximum Gasteiger partial charge on any atom is 0.136 e. The summed E-state index contributed by atoms with van der Waals surface area (Å²) in [6.07, 6.45) is 2.49. The van der Waals surface area contributed by atoms with Crippen molar-refractivity contribution in [3.05, 3.63) is 36.0 Å². The van der Waals surface area contributed by atoms with Crippen LogP contribution in [0.3, 0.4) is 0 Å². The van der Waals surface area contributed by atoms with E-state index in [1.165, 1.54) is 10.8 Å². The zero-order valence-electron chi connectivity index (χ0n) is 11.9. The van der Waals surface area contributed by atoms with E-state index in [-0.39, 0.29) is 0 Å². The quantitative estimate of drug-likeness (QED) is 0.930. The second-order valence-electron chi connectivity index (χ2n) is 5.28. The molecule has 4 heteroatoms. The van der Waals surface area contributed by atoms with Crippen LogP contribution in [0.15, 0.2) is 30.3 Å². The minimum atomic E-state index is 0.384. The molecule has 0 saturated carbocycles. The molecule has 1 aromatic heterocycles. The molecular weight excluding hydrogens is 250 g/mol. The average Bonchev–Trinajstić information content (AvgIpc) is 2.54. The number of anilines is 1. The van der Waals surface area contributed by atoms with Crippen LogP contribution in [0.1, 0.15) is 18.5 Å². The summed E-state index contributed by atoms with van der Waals surface area (Å²) in [4.78, 5) is 7.11. The third-order valence-electron chi connectivity index (χ3n) is 4.06. The van der Waals surface area contributed by atoms with Gasteiger partial charge in [-0.25, -0.2) is 4.98 Å². The Hall–Kier alpha value is -1.65. The lowest BCUT2D eigenvalue weighted by molar-refractivity contribution is 0.0818. The number of ether oxygens (including phenoxy) is 1. The largest absolute Gasteiger partial charge is 0.381 e. The number of hydrogen-bond donors (Lipinski definition) is 1. The minimum Gasteiger partial charge on any atom is -0.381 e. The third kappa shape index (κ3) is 2.49. The topological polar surface area (TPSA) is 51.4 Å². The molecule has 2 heterocycles. The van der Waals surface area contributed by atoms with Crippen LogP contribution in [-0.4, -0.2) is 31.3 Å². The molecule has 3 rings (SSSR count). The first-order valence-electron chi connectivity index (χ1n) is 7.18. The molecule has 0 aliphatic carbocycles. The molecule has 0 bridgehead atoms. The van der Waals surface area contributed by atoms with E-state index in [1.54, 1.807) is 7.11 Å². The van der Waals surface area contributed by atoms with E-state index in [1.807, 2.05) is 0 Å². The van der Waals surface area contributed by atoms with Gasteiger partial charge in [-0.1, -0.05) is 24.3 Å². The molecule has 1 aliphatic heterocycles. The standard InChI is InChI=1S/C16H21N3O/c1-20-14-6-8-19(9-7-14)16-15-5-3-2-4-12(15)10-13(11-17)18-16/h2-5,10,14H,6-9,11,17H2,1H3. The fraction of sp³-hybridized carbons (Fsp3) is 0.438. The van der Waals surface area contributed by atoms with E-state index in [4.69, 9.17) is 15.5 Å². The SMILES string of the molecule is COC1CCN(c2nc(CN)cc3ccccc23)CC1. The lowest BCUT2D eigenvalue weighted by Gasteiger charge is -2.33. The van der Waals surface area contributed by atoms with Crippen molar-refractivity contribution in [2.45, 2.75) is 25.5 Å². The highest BCUT2D eigenvalue weighted by molar-refractivity contribution is 5.92. The van der Waals surface area contributed by atoms with Crippen LogP contribution in [0.4, 0.5) is 5.82 Å². The van der Waals surface area contributed by atoms with Crippen LogP contribution in [0.5, 0.6) is 0 Å². The molecule has 106 valence electrons. The van der Waals surface area contributed by atoms with Crippen molar-refractivity contribution < 1.29 is 4.74 Å². The summed E-state index contributed by atoms with van der Waals surface area (Å²) in [7, 11) is 1.79. The van der Waals surface area contributed by atoms with Gasteiger partial charge in [-0.15, -0.1) is 0 Å². The Kier molecular flexibility index (Phi) is 3.85. The number of rotatable bonds is 3. The second kappa shape index (κ2) is 5.77. The highest BCUT2D eigenvalue weighted by Gasteiger charge is 2.21. The van der Waals surface area contributed by atoms with Gasteiger partial charge >= 0.3 is 0 Å². The van der Waals surface area contributed by atoms with Gasteiger partial charge in [-0.05, 0) is 24.3 Å². The van der Waals surface area contributed by atoms with Crippen molar-refractivity contribution >= 4 is 16.6 Å². The van der Waals surface area contributed by atoms with Gasteiger partial charge in [0, 0.05) is 32.1 Å². The predicted octanol–water partition coefficient (Wildman–Crippen LogP) is 2.31. The summed E-state index contributed by atoms with van der Waals surface area (Å²) >= 11 is 0. The Bertz CT molecular complexity index is 591. The third-order valence-corrected chi connectivity index (χ3v) is 4.06. The number of pyridine rings is 1. The van der Waals surface area contributed by atoms with Gasteiger partial charge in [0.1, 0.15) is 5.82 Å². The van der Waals surface area contributed by atoms with Crippen molar-refractivity contribution in [3.63, 3.8) is 0 Å². The highest BCUT2D eigenvalue weighted by Crippen LogP contribution is 2.28. The van der Waals surface area contributed by atoms with Crippen LogP contribution < -0.4 is 10.6 Å². The van der Waals surface area contributed by atoms with Crippen molar-refractivity contribution in [1.82, 2.24) is 4.98 Å². The molecule has 2 N–H and O–H groups in total. The number of piperidine rings is 1. The van der Waals surface area contributed by atoms with Crippen molar-refractivity contribution in [3.8, 4) is 0 Å². The number of aromatic nitrogens is 1. The maximum absolute atomic E-state index is 5.78. The number of hydrogen-bond acceptors (Lipinski definition) is 4. The molecule has 0 spiro atoms. The summed E-state index contributed by atoms with van der Waals surface area (Å²) in [6.45, 7) is 2.46. The lowest BCUT2D eigenvalue weighted by Crippen LogP contribution is -2.37. The Morgan fingerprint density at radius 3 is 2.75 bits per heavy atom. The summed E-state index contributed by atoms with van der Waals surface area (Å²) in [5.41, 5.74) is 6.73. The normalized spacial score (nSPS) is 16.8. The van der Waals surface area contributed by atoms with Gasteiger partial charge in [0.15, 0.2) is 0 Å². The van der Waals surface area contributed by atoms with Crippen LogP contribution in [-0.2, 0) is 11.3 Å². The summed E-state index contributed by atoms with van der Waals surface area (Å²) in [5, 5.41) is 2.42. The van der Waals surface area contributed by atoms with Crippen LogP contribution in [0.2, 0.25) is 0 Å². The van der Waals surface area contributed by atoms with E-state index in [0.717, 1.165) is 37.4 Å². The fourth-order valence-electron chi connectivity index (χ4n) is 2.88. The maximum atomic E-state index is 5.78. The second-order valence-corrected chi connectivity index (χ2v) is 5.28. The average molecular weight is 271 g/mol. The highest BCUT2D eigenvalue weighted by atomic mass is 16.5. The first kappa shape index (κ1) is 13.3. The van der Waals surface area contributed by atoms with Gasteiger partial charge in [-0.2, -0.15) is 0 Å². The molecule has 1 fully saturated rings. The van der Waals surface area contributed by atoms with Crippen molar-refractivity contribution in [2.24, 2.45) is 5.73 Å². The zero-order chi connectivity index (χ0) is 13.9. The molecule has 0 radical (unpaired) electrons. The van der Waals surface area contributed by atoms with E-state index in [9.17, 15) is 0 Å². The monoisotopic (exact) mass is 271 g/mol. The first-order chi connectivity index (χ1) is 9.81. The van der Waals surface area contributed by atoms with Crippen LogP contribution in [0.25, 0.3) is 10.8 Å². The molecule has 4 nitrogen and oxygen atoms in total. The zero-order valence-corrected chi connectivity index (χ0v) is 11.9. The molecule has 1 aliphatic rings. The summed E-state index contributed by atoms with van der Waals surface area (Å²) < 4.78 is 5.44. The van der Waals surface area contributed by atoms with Crippen molar-refractivity contribution in [1.29, 1.82) is 0 Å². The molecule has 0 amide bonds. The minimum absolute atomic E-state index is 0.384. The molecule has 2 aromatic rings. The van der Waals surface area contributed by atoms with Crippen LogP contribution >= 0.6 is 0 Å². The summed E-state index contributed by atoms with van der Waals surface area (Å²) in [6, 6.07) is 10.5. The molecular formula is C16H21N3O. The van der Waals surface area contributed by atoms with E-state index < -0.39 is 0 Å². The number of fused-ring (bicyclic) bond motifs is 1. The Morgan fingerprint density at radius 2 is 2.05 bits per heavy atom. The van der Waals surface area contributed by atoms with Crippen LogP contribution in [0, 0.1) is 0 Å². The summed E-state index contributed by atoms with van der Waals surface area (Å²) in [5.74, 6) is 1.07. The van der Waals surface area contributed by atoms with Gasteiger partial charge in [0.25, 0.3) is 0 Å². The molecule has 0 atom stereocenters. The number of benzene rings is 1. The Balaban J connectivity index is 1.98. The molecule has 1 aromatic carbocycles. The molecule has 1 saturated heterocycles. The van der Waals surface area contributed by atoms with Gasteiger partial charge in [-0.3, -0.25) is 0 Å². The van der Waals surface area contributed by atoms with E-state index in [2.05, 4.69) is 35.2 Å². The van der Waals surface area contributed by atoms with E-state index >= 15 is 0 Å². The first-order valence-corrected chi connectivity index (χ1v) is 7.18. The number of methoxy groups -OCH3 is 1. The number of nitrogens with two attached hydrogens (primary N) is 1. The predicted molar refractivity (Wildman–Crippen MR) is 81.9 cm³/mol.